The van der Waals surface area contributed by atoms with Gasteiger partial charge in [-0.1, -0.05) is 18.2 Å². The minimum absolute atomic E-state index is 1.16. The lowest BCUT2D eigenvalue weighted by molar-refractivity contribution is 1.42. The fourth-order valence-electron chi connectivity index (χ4n) is 0.767. The molecule has 0 aromatic heterocycles. The van der Waals surface area contributed by atoms with Crippen molar-refractivity contribution < 1.29 is 0 Å². The number of allylic oxidation sites excluding steroid dienone is 5. The molecule has 0 N–H and O–H groups in total. The van der Waals surface area contributed by atoms with Crippen LogP contribution in [0.1, 0.15) is 6.92 Å². The maximum Gasteiger partial charge on any atom is 0.0335 e. The average molecular weight is 119 g/mol. The maximum absolute atomic E-state index is 3.66. The third kappa shape index (κ3) is 1.17. The summed E-state index contributed by atoms with van der Waals surface area (Å²) in [6.07, 6.45) is 7.84. The van der Waals surface area contributed by atoms with Gasteiger partial charge in [0, 0.05) is 6.20 Å². The van der Waals surface area contributed by atoms with Crippen LogP contribution < -0.4 is 0 Å². The summed E-state index contributed by atoms with van der Waals surface area (Å²) in [5, 5.41) is 0. The van der Waals surface area contributed by atoms with Gasteiger partial charge >= 0.3 is 0 Å². The zero-order valence-electron chi connectivity index (χ0n) is 5.46. The standard InChI is InChI=1S/C8H9N/c1-7-4-3-5-8(7)6-9-2/h3-6H,2H2,1H3/b8-6-. The van der Waals surface area contributed by atoms with Crippen molar-refractivity contribution in [1.82, 2.24) is 0 Å². The molecule has 0 spiro atoms. The lowest BCUT2D eigenvalue weighted by Crippen LogP contribution is -1.72. The van der Waals surface area contributed by atoms with Crippen LogP contribution >= 0.6 is 0 Å². The SMILES string of the molecule is C=N/C=C1/C=CC=C1C. The second-order valence-corrected chi connectivity index (χ2v) is 1.98. The molecule has 1 aliphatic rings. The van der Waals surface area contributed by atoms with Gasteiger partial charge in [0.1, 0.15) is 0 Å². The number of aliphatic imine (C=N–C) groups is 1. The zero-order chi connectivity index (χ0) is 6.69. The molecule has 0 radical (unpaired) electrons. The first-order chi connectivity index (χ1) is 4.34. The van der Waals surface area contributed by atoms with E-state index in [-0.39, 0.29) is 0 Å². The Morgan fingerprint density at radius 2 is 2.44 bits per heavy atom. The van der Waals surface area contributed by atoms with Crippen LogP contribution in [0.15, 0.2) is 40.6 Å². The van der Waals surface area contributed by atoms with E-state index in [1.54, 1.807) is 6.20 Å². The van der Waals surface area contributed by atoms with E-state index < -0.39 is 0 Å². The van der Waals surface area contributed by atoms with E-state index in [1.807, 2.05) is 12.2 Å². The molecule has 1 rings (SSSR count). The zero-order valence-corrected chi connectivity index (χ0v) is 5.46. The van der Waals surface area contributed by atoms with Crippen LogP contribution in [0.3, 0.4) is 0 Å². The summed E-state index contributed by atoms with van der Waals surface area (Å²) in [6, 6.07) is 0. The summed E-state index contributed by atoms with van der Waals surface area (Å²) in [4.78, 5) is 3.66. The molecular formula is C8H9N. The smallest absolute Gasteiger partial charge is 0.0335 e. The number of hydrogen-bond donors (Lipinski definition) is 0. The summed E-state index contributed by atoms with van der Waals surface area (Å²) < 4.78 is 0. The molecule has 0 bridgehead atoms. The predicted octanol–water partition coefficient (Wildman–Crippen LogP) is 2.09. The van der Waals surface area contributed by atoms with Crippen LogP contribution in [0.2, 0.25) is 0 Å². The van der Waals surface area contributed by atoms with E-state index >= 15 is 0 Å². The van der Waals surface area contributed by atoms with Gasteiger partial charge in [0.2, 0.25) is 0 Å². The Bertz CT molecular complexity index is 207. The molecule has 0 fully saturated rings. The molecule has 0 aliphatic heterocycles. The molecule has 0 atom stereocenters. The third-order valence-corrected chi connectivity index (χ3v) is 1.31. The van der Waals surface area contributed by atoms with E-state index in [1.165, 1.54) is 5.57 Å². The fraction of sp³-hybridized carbons (Fsp3) is 0.125. The van der Waals surface area contributed by atoms with Gasteiger partial charge in [0.05, 0.1) is 0 Å². The van der Waals surface area contributed by atoms with E-state index in [0.717, 1.165) is 5.57 Å². The van der Waals surface area contributed by atoms with Crippen LogP contribution in [0.25, 0.3) is 0 Å². The second kappa shape index (κ2) is 2.44. The summed E-state index contributed by atoms with van der Waals surface area (Å²) in [7, 11) is 0. The van der Waals surface area contributed by atoms with Crippen LogP contribution in [-0.2, 0) is 0 Å². The Labute approximate surface area is 55.1 Å². The van der Waals surface area contributed by atoms with Gasteiger partial charge in [-0.25, -0.2) is 0 Å². The number of hydrogen-bond acceptors (Lipinski definition) is 1. The maximum atomic E-state index is 3.66. The topological polar surface area (TPSA) is 12.4 Å². The lowest BCUT2D eigenvalue weighted by Gasteiger charge is -1.90. The third-order valence-electron chi connectivity index (χ3n) is 1.31. The summed E-state index contributed by atoms with van der Waals surface area (Å²) in [5.41, 5.74) is 2.41. The Morgan fingerprint density at radius 3 is 2.89 bits per heavy atom. The van der Waals surface area contributed by atoms with Crippen molar-refractivity contribution in [3.05, 3.63) is 35.6 Å². The molecule has 0 saturated carbocycles. The van der Waals surface area contributed by atoms with E-state index in [2.05, 4.69) is 24.7 Å². The summed E-state index contributed by atoms with van der Waals surface area (Å²) in [6.45, 7) is 5.42. The first-order valence-corrected chi connectivity index (χ1v) is 2.86. The van der Waals surface area contributed by atoms with E-state index in [9.17, 15) is 0 Å². The highest BCUT2D eigenvalue weighted by Crippen LogP contribution is 2.16. The lowest BCUT2D eigenvalue weighted by atomic mass is 10.2. The number of nitrogens with zero attached hydrogens (tertiary/aromatic N) is 1. The van der Waals surface area contributed by atoms with Gasteiger partial charge in [-0.3, -0.25) is 4.99 Å². The quantitative estimate of drug-likeness (QED) is 0.469. The van der Waals surface area contributed by atoms with Crippen molar-refractivity contribution in [2.45, 2.75) is 6.92 Å². The fourth-order valence-corrected chi connectivity index (χ4v) is 0.767. The summed E-state index contributed by atoms with van der Waals surface area (Å²) in [5.74, 6) is 0. The minimum atomic E-state index is 1.16. The highest BCUT2D eigenvalue weighted by atomic mass is 14.6. The van der Waals surface area contributed by atoms with Gasteiger partial charge in [-0.05, 0) is 24.8 Å². The van der Waals surface area contributed by atoms with Crippen LogP contribution in [-0.4, -0.2) is 6.72 Å². The largest absolute Gasteiger partial charge is 0.272 e. The Balaban J connectivity index is 2.85. The molecule has 46 valence electrons. The van der Waals surface area contributed by atoms with Crippen LogP contribution in [0.4, 0.5) is 0 Å². The minimum Gasteiger partial charge on any atom is -0.272 e. The van der Waals surface area contributed by atoms with Crippen LogP contribution in [0, 0.1) is 0 Å². The van der Waals surface area contributed by atoms with Crippen molar-refractivity contribution in [2.75, 3.05) is 0 Å². The molecule has 0 heterocycles. The molecule has 0 saturated heterocycles. The van der Waals surface area contributed by atoms with E-state index in [0.29, 0.717) is 0 Å². The average Bonchev–Trinajstić information content (AvgIpc) is 2.18. The monoisotopic (exact) mass is 119 g/mol. The molecule has 0 aromatic rings. The second-order valence-electron chi connectivity index (χ2n) is 1.98. The predicted molar refractivity (Wildman–Crippen MR) is 40.5 cm³/mol. The van der Waals surface area contributed by atoms with Gasteiger partial charge < -0.3 is 0 Å². The first-order valence-electron chi connectivity index (χ1n) is 2.86. The van der Waals surface area contributed by atoms with Crippen molar-refractivity contribution in [3.8, 4) is 0 Å². The normalized spacial score (nSPS) is 20.6. The van der Waals surface area contributed by atoms with Gasteiger partial charge in [-0.15, -0.1) is 0 Å². The van der Waals surface area contributed by atoms with Gasteiger partial charge in [0.15, 0.2) is 0 Å². The molecule has 9 heavy (non-hydrogen) atoms. The van der Waals surface area contributed by atoms with Crippen molar-refractivity contribution >= 4 is 6.72 Å². The Morgan fingerprint density at radius 1 is 1.67 bits per heavy atom. The van der Waals surface area contributed by atoms with E-state index in [4.69, 9.17) is 0 Å². The van der Waals surface area contributed by atoms with Crippen molar-refractivity contribution in [2.24, 2.45) is 4.99 Å². The number of rotatable bonds is 1. The molecule has 1 aliphatic carbocycles. The molecule has 0 aromatic carbocycles. The van der Waals surface area contributed by atoms with Crippen molar-refractivity contribution in [3.63, 3.8) is 0 Å². The van der Waals surface area contributed by atoms with Crippen molar-refractivity contribution in [1.29, 1.82) is 0 Å². The Kier molecular flexibility index (Phi) is 1.63. The molecule has 1 heteroatoms. The van der Waals surface area contributed by atoms with Gasteiger partial charge in [0.25, 0.3) is 0 Å². The highest BCUT2D eigenvalue weighted by molar-refractivity contribution is 5.47. The molecule has 0 amide bonds. The Hall–Kier alpha value is -1.11. The molecule has 1 nitrogen and oxygen atoms in total. The molecular weight excluding hydrogens is 110 g/mol. The van der Waals surface area contributed by atoms with Gasteiger partial charge in [-0.2, -0.15) is 0 Å². The first kappa shape index (κ1) is 6.02. The van der Waals surface area contributed by atoms with Crippen LogP contribution in [0.5, 0.6) is 0 Å². The molecule has 0 unspecified atom stereocenters. The summed E-state index contributed by atoms with van der Waals surface area (Å²) >= 11 is 0. The highest BCUT2D eigenvalue weighted by Gasteiger charge is 1.97.